The smallest absolute Gasteiger partial charge is 0.275 e. The average molecular weight is 467 g/mol. The van der Waals surface area contributed by atoms with Gasteiger partial charge in [-0.2, -0.15) is 5.10 Å². The van der Waals surface area contributed by atoms with Gasteiger partial charge >= 0.3 is 0 Å². The quantitative estimate of drug-likeness (QED) is 0.472. The van der Waals surface area contributed by atoms with E-state index >= 15 is 0 Å². The van der Waals surface area contributed by atoms with Crippen molar-refractivity contribution in [2.24, 2.45) is 5.10 Å². The second-order valence-corrected chi connectivity index (χ2v) is 8.57. The summed E-state index contributed by atoms with van der Waals surface area (Å²) in [5, 5.41) is 6.80. The predicted octanol–water partition coefficient (Wildman–Crippen LogP) is 6.02. The lowest BCUT2D eigenvalue weighted by Crippen LogP contribution is -2.27. The lowest BCUT2D eigenvalue weighted by Gasteiger charge is -2.23. The van der Waals surface area contributed by atoms with Crippen LogP contribution in [-0.4, -0.2) is 23.1 Å². The molecule has 146 valence electrons. The molecule has 0 aliphatic carbocycles. The number of aryl methyl sites for hydroxylation is 1. The van der Waals surface area contributed by atoms with Gasteiger partial charge in [0.1, 0.15) is 16.2 Å². The van der Waals surface area contributed by atoms with Crippen LogP contribution in [0.3, 0.4) is 0 Å². The molecule has 0 bridgehead atoms. The highest BCUT2D eigenvalue weighted by Crippen LogP contribution is 2.45. The highest BCUT2D eigenvalue weighted by Gasteiger charge is 2.36. The van der Waals surface area contributed by atoms with Crippen LogP contribution in [0, 0.1) is 6.92 Å². The Morgan fingerprint density at radius 1 is 1.03 bits per heavy atom. The second kappa shape index (κ2) is 8.43. The normalized spacial score (nSPS) is 15.9. The Morgan fingerprint density at radius 3 is 2.45 bits per heavy atom. The summed E-state index contributed by atoms with van der Waals surface area (Å²) < 4.78 is 6.56. The number of rotatable bonds is 4. The van der Waals surface area contributed by atoms with E-state index in [-0.39, 0.29) is 11.3 Å². The van der Waals surface area contributed by atoms with Crippen molar-refractivity contribution in [3.63, 3.8) is 0 Å². The van der Waals surface area contributed by atoms with E-state index in [0.29, 0.717) is 5.56 Å². The monoisotopic (exact) mass is 466 g/mol. The van der Waals surface area contributed by atoms with Crippen LogP contribution in [-0.2, 0) is 0 Å². The number of amides is 1. The largest absolute Gasteiger partial charge is 0.496 e. The van der Waals surface area contributed by atoms with E-state index in [1.807, 2.05) is 79.7 Å². The molecule has 1 aliphatic rings. The molecule has 1 amide bonds. The Labute approximate surface area is 182 Å². The van der Waals surface area contributed by atoms with Gasteiger partial charge in [-0.1, -0.05) is 76.2 Å². The summed E-state index contributed by atoms with van der Waals surface area (Å²) in [4.78, 5) is 13.4. The first-order chi connectivity index (χ1) is 14.1. The van der Waals surface area contributed by atoms with Gasteiger partial charge in [0.2, 0.25) is 0 Å². The van der Waals surface area contributed by atoms with Crippen LogP contribution in [0.5, 0.6) is 5.75 Å². The number of hydrogen-bond acceptors (Lipinski definition) is 4. The molecular weight excluding hydrogens is 448 g/mol. The topological polar surface area (TPSA) is 41.9 Å². The molecule has 1 unspecified atom stereocenters. The molecule has 3 aromatic carbocycles. The van der Waals surface area contributed by atoms with Gasteiger partial charge in [0.05, 0.1) is 7.11 Å². The number of nitrogens with zero attached hydrogens (tertiary/aromatic N) is 2. The Hall–Kier alpha value is -2.57. The zero-order valence-electron chi connectivity index (χ0n) is 16.0. The number of benzene rings is 3. The standard InChI is InChI=1S/C23H19BrN2O2S/c1-15-7-3-4-8-18(15)22(27)26-23(19-9-5-6-10-20(19)28-2)29-21(25-26)16-11-13-17(24)14-12-16/h3-14,23H,1-2H3. The van der Waals surface area contributed by atoms with E-state index in [0.717, 1.165) is 32.0 Å². The molecule has 0 aromatic heterocycles. The number of hydrogen-bond donors (Lipinski definition) is 0. The van der Waals surface area contributed by atoms with Crippen molar-refractivity contribution in [2.75, 3.05) is 7.11 Å². The van der Waals surface area contributed by atoms with E-state index in [2.05, 4.69) is 15.9 Å². The van der Waals surface area contributed by atoms with E-state index in [4.69, 9.17) is 9.84 Å². The molecule has 0 saturated heterocycles. The van der Waals surface area contributed by atoms with Crippen LogP contribution in [0.1, 0.15) is 32.4 Å². The molecule has 4 nitrogen and oxygen atoms in total. The molecule has 0 N–H and O–H groups in total. The predicted molar refractivity (Wildman–Crippen MR) is 121 cm³/mol. The van der Waals surface area contributed by atoms with Crippen LogP contribution in [0.2, 0.25) is 0 Å². The maximum Gasteiger partial charge on any atom is 0.275 e. The molecule has 0 fully saturated rings. The van der Waals surface area contributed by atoms with Gasteiger partial charge < -0.3 is 4.74 Å². The van der Waals surface area contributed by atoms with Gasteiger partial charge in [0.15, 0.2) is 0 Å². The zero-order chi connectivity index (χ0) is 20.4. The van der Waals surface area contributed by atoms with Crippen LogP contribution < -0.4 is 4.74 Å². The van der Waals surface area contributed by atoms with Gasteiger partial charge in [0, 0.05) is 21.2 Å². The van der Waals surface area contributed by atoms with Crippen molar-refractivity contribution in [1.29, 1.82) is 0 Å². The first kappa shape index (κ1) is 19.7. The third kappa shape index (κ3) is 3.95. The van der Waals surface area contributed by atoms with Crippen LogP contribution in [0.25, 0.3) is 0 Å². The van der Waals surface area contributed by atoms with Crippen LogP contribution in [0.15, 0.2) is 82.4 Å². The van der Waals surface area contributed by atoms with Gasteiger partial charge in [0.25, 0.3) is 5.91 Å². The Morgan fingerprint density at radius 2 is 1.72 bits per heavy atom. The maximum atomic E-state index is 13.4. The maximum absolute atomic E-state index is 13.4. The van der Waals surface area contributed by atoms with E-state index in [9.17, 15) is 4.79 Å². The first-order valence-electron chi connectivity index (χ1n) is 9.12. The summed E-state index contributed by atoms with van der Waals surface area (Å²) in [5.41, 5.74) is 3.46. The molecule has 6 heteroatoms. The van der Waals surface area contributed by atoms with Crippen LogP contribution >= 0.6 is 27.7 Å². The third-order valence-electron chi connectivity index (χ3n) is 4.72. The van der Waals surface area contributed by atoms with Crippen molar-refractivity contribution in [2.45, 2.75) is 12.3 Å². The molecule has 0 spiro atoms. The fourth-order valence-corrected chi connectivity index (χ4v) is 4.65. The lowest BCUT2D eigenvalue weighted by molar-refractivity contribution is 0.0747. The summed E-state index contributed by atoms with van der Waals surface area (Å²) in [6.07, 6.45) is 0. The molecule has 1 heterocycles. The Kier molecular flexibility index (Phi) is 5.74. The Bertz CT molecular complexity index is 1080. The van der Waals surface area contributed by atoms with Gasteiger partial charge in [-0.05, 0) is 36.8 Å². The second-order valence-electron chi connectivity index (χ2n) is 6.59. The SMILES string of the molecule is COc1ccccc1C1SC(c2ccc(Br)cc2)=NN1C(=O)c1ccccc1C. The van der Waals surface area contributed by atoms with Crippen molar-refractivity contribution in [1.82, 2.24) is 5.01 Å². The van der Waals surface area contributed by atoms with E-state index in [1.165, 1.54) is 0 Å². The molecule has 1 aliphatic heterocycles. The van der Waals surface area contributed by atoms with Crippen molar-refractivity contribution in [3.05, 3.63) is 99.5 Å². The highest BCUT2D eigenvalue weighted by molar-refractivity contribution is 9.10. The number of thioether (sulfide) groups is 1. The van der Waals surface area contributed by atoms with Crippen molar-refractivity contribution < 1.29 is 9.53 Å². The molecule has 3 aromatic rings. The minimum atomic E-state index is -0.308. The molecule has 1 atom stereocenters. The fourth-order valence-electron chi connectivity index (χ4n) is 3.20. The van der Waals surface area contributed by atoms with E-state index in [1.54, 1.807) is 23.9 Å². The summed E-state index contributed by atoms with van der Waals surface area (Å²) >= 11 is 5.02. The molecule has 0 radical (unpaired) electrons. The van der Waals surface area contributed by atoms with Gasteiger partial charge in [-0.25, -0.2) is 5.01 Å². The molecular formula is C23H19BrN2O2S. The summed E-state index contributed by atoms with van der Waals surface area (Å²) in [6.45, 7) is 1.94. The number of hydrazone groups is 1. The minimum absolute atomic E-state index is 0.126. The molecule has 29 heavy (non-hydrogen) atoms. The van der Waals surface area contributed by atoms with Crippen molar-refractivity contribution in [3.8, 4) is 5.75 Å². The number of ether oxygens (including phenoxy) is 1. The average Bonchev–Trinajstić information content (AvgIpc) is 3.19. The zero-order valence-corrected chi connectivity index (χ0v) is 18.4. The highest BCUT2D eigenvalue weighted by atomic mass is 79.9. The van der Waals surface area contributed by atoms with Gasteiger partial charge in [-0.3, -0.25) is 4.79 Å². The van der Waals surface area contributed by atoms with Crippen molar-refractivity contribution >= 4 is 38.6 Å². The number of carbonyl (C=O) groups excluding carboxylic acids is 1. The van der Waals surface area contributed by atoms with E-state index < -0.39 is 0 Å². The summed E-state index contributed by atoms with van der Waals surface area (Å²) in [5.74, 6) is 0.610. The number of halogens is 1. The summed E-state index contributed by atoms with van der Waals surface area (Å²) in [7, 11) is 1.64. The first-order valence-corrected chi connectivity index (χ1v) is 10.8. The number of carbonyl (C=O) groups is 1. The van der Waals surface area contributed by atoms with Crippen LogP contribution in [0.4, 0.5) is 0 Å². The Balaban J connectivity index is 1.78. The number of methoxy groups -OCH3 is 1. The fraction of sp³-hybridized carbons (Fsp3) is 0.130. The van der Waals surface area contributed by atoms with Gasteiger partial charge in [-0.15, -0.1) is 0 Å². The summed E-state index contributed by atoms with van der Waals surface area (Å²) in [6, 6.07) is 23.3. The lowest BCUT2D eigenvalue weighted by atomic mass is 10.1. The molecule has 4 rings (SSSR count). The number of para-hydroxylation sites is 1. The molecule has 0 saturated carbocycles. The minimum Gasteiger partial charge on any atom is -0.496 e. The third-order valence-corrected chi connectivity index (χ3v) is 6.47.